The molecule has 3 saturated carbocycles. The molecule has 0 aromatic rings. The predicted octanol–water partition coefficient (Wildman–Crippen LogP) is 1.78. The monoisotopic (exact) mass is 476 g/mol. The van der Waals surface area contributed by atoms with Crippen molar-refractivity contribution in [3.05, 3.63) is 23.8 Å². The molecule has 5 aliphatic rings. The lowest BCUT2D eigenvalue weighted by Crippen LogP contribution is -2.64. The number of hydrogen-bond donors (Lipinski definition) is 1. The summed E-state index contributed by atoms with van der Waals surface area (Å²) in [6.45, 7) is 5.32. The van der Waals surface area contributed by atoms with Crippen LogP contribution in [-0.4, -0.2) is 64.8 Å². The smallest absolute Gasteiger partial charge is 0.303 e. The minimum absolute atomic E-state index is 0.0697. The summed E-state index contributed by atoms with van der Waals surface area (Å²) in [5.41, 5.74) is -4.44. The first-order valence-electron chi connectivity index (χ1n) is 11.6. The van der Waals surface area contributed by atoms with Crippen molar-refractivity contribution in [1.29, 1.82) is 0 Å². The number of epoxide rings is 1. The van der Waals surface area contributed by atoms with Gasteiger partial charge in [-0.15, -0.1) is 0 Å². The molecule has 1 heterocycles. The third-order valence-electron chi connectivity index (χ3n) is 9.26. The summed E-state index contributed by atoms with van der Waals surface area (Å²) in [5.74, 6) is -3.14. The molecule has 9 heteroatoms. The van der Waals surface area contributed by atoms with Gasteiger partial charge in [0, 0.05) is 24.7 Å². The van der Waals surface area contributed by atoms with Crippen molar-refractivity contribution < 1.29 is 42.9 Å². The highest BCUT2D eigenvalue weighted by atomic mass is 19.1. The molecule has 1 saturated heterocycles. The number of halogens is 1. The number of ketones is 2. The van der Waals surface area contributed by atoms with E-state index in [-0.39, 0.29) is 37.1 Å². The molecule has 0 aromatic carbocycles. The zero-order valence-electron chi connectivity index (χ0n) is 19.6. The van der Waals surface area contributed by atoms with E-state index in [1.807, 2.05) is 6.92 Å². The lowest BCUT2D eigenvalue weighted by Gasteiger charge is -2.55. The lowest BCUT2D eigenvalue weighted by atomic mass is 9.46. The van der Waals surface area contributed by atoms with E-state index in [2.05, 4.69) is 0 Å². The van der Waals surface area contributed by atoms with Crippen molar-refractivity contribution in [3.63, 3.8) is 0 Å². The van der Waals surface area contributed by atoms with Crippen molar-refractivity contribution in [3.8, 4) is 0 Å². The molecule has 5 rings (SSSR count). The van der Waals surface area contributed by atoms with Gasteiger partial charge in [0.2, 0.25) is 5.78 Å². The number of carbonyl (C=O) groups is 4. The summed E-state index contributed by atoms with van der Waals surface area (Å²) in [4.78, 5) is 48.5. The molecule has 0 amide bonds. The quantitative estimate of drug-likeness (QED) is 0.482. The Kier molecular flexibility index (Phi) is 4.86. The Morgan fingerprint density at radius 3 is 2.53 bits per heavy atom. The standard InChI is InChI=1S/C25H29FO8/c1-12(27)32-11-19(30)24(31)20(33-13(2)28)9-15-16-8-18(26)17-7-14(29)5-6-22(17,3)25(16)21(34-25)10-23(15,24)4/h5-7,15-16,18,20-21,31H,8-11H2,1-4H3/t15?,16?,18-,20+,21+,22-,23-,24+,25+/m0/s1. The highest BCUT2D eigenvalue weighted by molar-refractivity contribution is 6.01. The van der Waals surface area contributed by atoms with Gasteiger partial charge < -0.3 is 19.3 Å². The lowest BCUT2D eigenvalue weighted by molar-refractivity contribution is -0.187. The van der Waals surface area contributed by atoms with Crippen LogP contribution in [0.2, 0.25) is 0 Å². The number of Topliss-reactive ketones (excluding diaryl/α,β-unsaturated/α-hetero) is 1. The molecule has 0 aromatic heterocycles. The van der Waals surface area contributed by atoms with Crippen molar-refractivity contribution in [2.45, 2.75) is 76.5 Å². The van der Waals surface area contributed by atoms with Crippen LogP contribution in [0.5, 0.6) is 0 Å². The molecule has 1 aliphatic heterocycles. The minimum Gasteiger partial charge on any atom is -0.459 e. The van der Waals surface area contributed by atoms with Crippen LogP contribution < -0.4 is 0 Å². The van der Waals surface area contributed by atoms with E-state index in [0.717, 1.165) is 6.92 Å². The molecule has 2 unspecified atom stereocenters. The summed E-state index contributed by atoms with van der Waals surface area (Å²) >= 11 is 0. The normalized spacial score (nSPS) is 48.0. The Hall–Kier alpha value is -2.39. The third-order valence-corrected chi connectivity index (χ3v) is 9.26. The number of allylic oxidation sites excluding steroid dienone is 2. The Labute approximate surface area is 196 Å². The second-order valence-electron chi connectivity index (χ2n) is 10.8. The van der Waals surface area contributed by atoms with Gasteiger partial charge in [0.05, 0.1) is 6.10 Å². The number of ether oxygens (including phenoxy) is 3. The van der Waals surface area contributed by atoms with Gasteiger partial charge in [0.25, 0.3) is 0 Å². The van der Waals surface area contributed by atoms with Crippen LogP contribution in [0.15, 0.2) is 23.8 Å². The third kappa shape index (κ3) is 2.71. The summed E-state index contributed by atoms with van der Waals surface area (Å²) in [7, 11) is 0. The molecule has 0 bridgehead atoms. The van der Waals surface area contributed by atoms with Gasteiger partial charge in [-0.3, -0.25) is 19.2 Å². The van der Waals surface area contributed by atoms with Gasteiger partial charge in [-0.05, 0) is 55.7 Å². The number of rotatable bonds is 4. The maximum Gasteiger partial charge on any atom is 0.303 e. The van der Waals surface area contributed by atoms with Crippen LogP contribution in [0.25, 0.3) is 0 Å². The first-order valence-corrected chi connectivity index (χ1v) is 11.6. The van der Waals surface area contributed by atoms with Gasteiger partial charge in [0.15, 0.2) is 18.0 Å². The van der Waals surface area contributed by atoms with Gasteiger partial charge in [-0.25, -0.2) is 4.39 Å². The topological polar surface area (TPSA) is 120 Å². The first-order chi connectivity index (χ1) is 15.8. The van der Waals surface area contributed by atoms with Crippen LogP contribution in [0, 0.1) is 22.7 Å². The molecule has 8 nitrogen and oxygen atoms in total. The van der Waals surface area contributed by atoms with E-state index in [1.54, 1.807) is 13.0 Å². The van der Waals surface area contributed by atoms with E-state index in [0.29, 0.717) is 5.57 Å². The molecule has 9 atom stereocenters. The molecule has 4 aliphatic carbocycles. The predicted molar refractivity (Wildman–Crippen MR) is 114 cm³/mol. The second-order valence-corrected chi connectivity index (χ2v) is 10.8. The molecule has 1 spiro atoms. The molecule has 1 N–H and O–H groups in total. The SMILES string of the molecule is CC(=O)OCC(=O)[C@@]1(O)[C@H](OC(C)=O)CC2C3C[C@H](F)C4=CC(=O)C=C[C@]4(C)[C@@]34O[C@@H]4C[C@@]21C. The van der Waals surface area contributed by atoms with Crippen molar-refractivity contribution in [2.75, 3.05) is 6.61 Å². The van der Waals surface area contributed by atoms with Gasteiger partial charge in [-0.2, -0.15) is 0 Å². The number of aliphatic hydroxyl groups is 1. The first kappa shape index (κ1) is 23.4. The Bertz CT molecular complexity index is 1070. The fourth-order valence-corrected chi connectivity index (χ4v) is 7.74. The highest BCUT2D eigenvalue weighted by Gasteiger charge is 2.83. The van der Waals surface area contributed by atoms with E-state index in [1.165, 1.54) is 19.1 Å². The molecule has 34 heavy (non-hydrogen) atoms. The zero-order chi connectivity index (χ0) is 24.8. The summed E-state index contributed by atoms with van der Waals surface area (Å²) < 4.78 is 32.2. The van der Waals surface area contributed by atoms with Gasteiger partial charge >= 0.3 is 11.9 Å². The van der Waals surface area contributed by atoms with Gasteiger partial charge in [-0.1, -0.05) is 13.0 Å². The molecular weight excluding hydrogens is 447 g/mol. The Morgan fingerprint density at radius 1 is 1.18 bits per heavy atom. The summed E-state index contributed by atoms with van der Waals surface area (Å²) in [6.07, 6.45) is 2.07. The summed E-state index contributed by atoms with van der Waals surface area (Å²) in [6, 6.07) is 0. The van der Waals surface area contributed by atoms with E-state index >= 15 is 4.39 Å². The number of hydrogen-bond acceptors (Lipinski definition) is 8. The van der Waals surface area contributed by atoms with Crippen molar-refractivity contribution in [2.24, 2.45) is 22.7 Å². The second kappa shape index (κ2) is 7.07. The number of esters is 2. The number of alkyl halides is 1. The van der Waals surface area contributed by atoms with E-state index < -0.39 is 64.6 Å². The fourth-order valence-electron chi connectivity index (χ4n) is 7.74. The van der Waals surface area contributed by atoms with E-state index in [9.17, 15) is 24.3 Å². The Balaban J connectivity index is 1.58. The van der Waals surface area contributed by atoms with Crippen molar-refractivity contribution >= 4 is 23.5 Å². The fraction of sp³-hybridized carbons (Fsp3) is 0.680. The van der Waals surface area contributed by atoms with Gasteiger partial charge in [0.1, 0.15) is 17.9 Å². The van der Waals surface area contributed by atoms with Crippen LogP contribution >= 0.6 is 0 Å². The van der Waals surface area contributed by atoms with Crippen LogP contribution in [-0.2, 0) is 33.4 Å². The maximum absolute atomic E-state index is 15.6. The van der Waals surface area contributed by atoms with Crippen LogP contribution in [0.1, 0.15) is 47.0 Å². The number of carbonyl (C=O) groups excluding carboxylic acids is 4. The van der Waals surface area contributed by atoms with E-state index in [4.69, 9.17) is 14.2 Å². The number of fused-ring (bicyclic) bond motifs is 3. The minimum atomic E-state index is -2.13. The average Bonchev–Trinajstić information content (AvgIpc) is 3.43. The molecule has 4 fully saturated rings. The summed E-state index contributed by atoms with van der Waals surface area (Å²) in [5, 5.41) is 11.9. The Morgan fingerprint density at radius 2 is 1.88 bits per heavy atom. The zero-order valence-corrected chi connectivity index (χ0v) is 19.6. The highest BCUT2D eigenvalue weighted by Crippen LogP contribution is 2.76. The molecular formula is C25H29FO8. The molecule has 0 radical (unpaired) electrons. The van der Waals surface area contributed by atoms with Crippen molar-refractivity contribution in [1.82, 2.24) is 0 Å². The molecule has 184 valence electrons. The largest absolute Gasteiger partial charge is 0.459 e. The average molecular weight is 476 g/mol. The van der Waals surface area contributed by atoms with Crippen LogP contribution in [0.4, 0.5) is 4.39 Å². The van der Waals surface area contributed by atoms with Crippen LogP contribution in [0.3, 0.4) is 0 Å². The maximum atomic E-state index is 15.6.